The third-order valence-electron chi connectivity index (χ3n) is 1.65. The molecular weight excluding hydrogens is 178 g/mol. The Bertz CT molecular complexity index is 84.3. The largest absolute Gasteiger partial charge is 0.121 e. The smallest absolute Gasteiger partial charge is 0.0663 e. The average molecular weight is 187 g/mol. The van der Waals surface area contributed by atoms with Crippen molar-refractivity contribution in [2.75, 3.05) is 0 Å². The Morgan fingerprint density at radius 2 is 1.33 bits per heavy atom. The van der Waals surface area contributed by atoms with Gasteiger partial charge in [0.1, 0.15) is 0 Å². The highest BCUT2D eigenvalue weighted by Crippen LogP contribution is 2.30. The summed E-state index contributed by atoms with van der Waals surface area (Å²) >= 11 is 17.5. The second-order valence-corrected chi connectivity index (χ2v) is 4.03. The fraction of sp³-hybridized carbons (Fsp3) is 1.00. The van der Waals surface area contributed by atoms with Gasteiger partial charge in [0, 0.05) is 0 Å². The number of rotatable bonds is 0. The molecule has 3 atom stereocenters. The van der Waals surface area contributed by atoms with E-state index in [4.69, 9.17) is 34.8 Å². The third kappa shape index (κ3) is 1.89. The first-order valence-corrected chi connectivity index (χ1v) is 4.45. The van der Waals surface area contributed by atoms with E-state index < -0.39 is 0 Å². The molecule has 1 fully saturated rings. The van der Waals surface area contributed by atoms with Crippen LogP contribution in [0.5, 0.6) is 0 Å². The Morgan fingerprint density at radius 1 is 0.889 bits per heavy atom. The molecule has 0 spiro atoms. The molecule has 0 bridgehead atoms. The van der Waals surface area contributed by atoms with Gasteiger partial charge in [0.15, 0.2) is 0 Å². The maximum Gasteiger partial charge on any atom is 0.0663 e. The molecule has 0 aromatic rings. The second-order valence-electron chi connectivity index (χ2n) is 2.41. The first-order valence-electron chi connectivity index (χ1n) is 3.14. The fourth-order valence-corrected chi connectivity index (χ4v) is 2.04. The lowest BCUT2D eigenvalue weighted by Crippen LogP contribution is -2.29. The van der Waals surface area contributed by atoms with Crippen molar-refractivity contribution in [2.24, 2.45) is 0 Å². The molecule has 0 saturated heterocycles. The average Bonchev–Trinajstić information content (AvgIpc) is 1.83. The molecule has 54 valence electrons. The summed E-state index contributed by atoms with van der Waals surface area (Å²) in [4.78, 5) is 0. The standard InChI is InChI=1S/C6H9Cl3/c7-4-2-1-3-5(8)6(4)9/h4-6H,1-3H2/t4-,5+,6?. The minimum Gasteiger partial charge on any atom is -0.121 e. The molecule has 1 aliphatic rings. The lowest BCUT2D eigenvalue weighted by atomic mass is 9.99. The minimum absolute atomic E-state index is 0.0258. The van der Waals surface area contributed by atoms with Gasteiger partial charge in [0.25, 0.3) is 0 Å². The Hall–Kier alpha value is 0.870. The van der Waals surface area contributed by atoms with E-state index in [0.29, 0.717) is 0 Å². The van der Waals surface area contributed by atoms with Gasteiger partial charge in [-0.15, -0.1) is 34.8 Å². The van der Waals surface area contributed by atoms with Crippen LogP contribution in [0.15, 0.2) is 0 Å². The zero-order valence-corrected chi connectivity index (χ0v) is 7.26. The van der Waals surface area contributed by atoms with Gasteiger partial charge in [0.05, 0.1) is 16.1 Å². The predicted octanol–water partition coefficient (Wildman–Crippen LogP) is 2.99. The fourth-order valence-electron chi connectivity index (χ4n) is 1.05. The molecule has 3 heteroatoms. The molecule has 0 N–H and O–H groups in total. The molecule has 0 aromatic carbocycles. The van der Waals surface area contributed by atoms with Crippen LogP contribution in [0.2, 0.25) is 0 Å². The third-order valence-corrected chi connectivity index (χ3v) is 3.50. The second kappa shape index (κ2) is 3.32. The Balaban J connectivity index is 2.41. The van der Waals surface area contributed by atoms with E-state index in [2.05, 4.69) is 0 Å². The first-order chi connectivity index (χ1) is 4.22. The minimum atomic E-state index is -0.0258. The number of alkyl halides is 3. The van der Waals surface area contributed by atoms with E-state index in [1.54, 1.807) is 0 Å². The van der Waals surface area contributed by atoms with Crippen molar-refractivity contribution in [2.45, 2.75) is 35.4 Å². The highest BCUT2D eigenvalue weighted by molar-refractivity contribution is 6.35. The lowest BCUT2D eigenvalue weighted by Gasteiger charge is -2.25. The van der Waals surface area contributed by atoms with E-state index >= 15 is 0 Å². The molecule has 0 radical (unpaired) electrons. The topological polar surface area (TPSA) is 0 Å². The van der Waals surface area contributed by atoms with E-state index in [1.165, 1.54) is 0 Å². The van der Waals surface area contributed by atoms with Crippen molar-refractivity contribution in [1.82, 2.24) is 0 Å². The van der Waals surface area contributed by atoms with Gasteiger partial charge in [-0.05, 0) is 12.8 Å². The summed E-state index contributed by atoms with van der Waals surface area (Å²) in [5.74, 6) is 0. The molecule has 0 aliphatic heterocycles. The summed E-state index contributed by atoms with van der Waals surface area (Å²) in [6, 6.07) is 0. The van der Waals surface area contributed by atoms with E-state index in [0.717, 1.165) is 19.3 Å². The summed E-state index contributed by atoms with van der Waals surface area (Å²) in [7, 11) is 0. The van der Waals surface area contributed by atoms with Gasteiger partial charge in [-0.1, -0.05) is 6.42 Å². The van der Waals surface area contributed by atoms with E-state index in [1.807, 2.05) is 0 Å². The molecular formula is C6H9Cl3. The van der Waals surface area contributed by atoms with E-state index in [9.17, 15) is 0 Å². The lowest BCUT2D eigenvalue weighted by molar-refractivity contribution is 0.524. The Morgan fingerprint density at radius 3 is 1.67 bits per heavy atom. The maximum absolute atomic E-state index is 5.85. The van der Waals surface area contributed by atoms with Crippen LogP contribution < -0.4 is 0 Å². The monoisotopic (exact) mass is 186 g/mol. The zero-order valence-electron chi connectivity index (χ0n) is 4.99. The van der Waals surface area contributed by atoms with Crippen molar-refractivity contribution in [1.29, 1.82) is 0 Å². The van der Waals surface area contributed by atoms with Crippen LogP contribution in [-0.4, -0.2) is 16.1 Å². The van der Waals surface area contributed by atoms with Crippen LogP contribution in [0, 0.1) is 0 Å². The van der Waals surface area contributed by atoms with Gasteiger partial charge in [0.2, 0.25) is 0 Å². The van der Waals surface area contributed by atoms with Gasteiger partial charge in [-0.3, -0.25) is 0 Å². The SMILES string of the molecule is ClC1[C@H](Cl)CCC[C@@H]1Cl. The van der Waals surface area contributed by atoms with Crippen molar-refractivity contribution >= 4 is 34.8 Å². The summed E-state index contributed by atoms with van der Waals surface area (Å²) in [6.07, 6.45) is 3.14. The number of hydrogen-bond donors (Lipinski definition) is 0. The van der Waals surface area contributed by atoms with Gasteiger partial charge in [-0.2, -0.15) is 0 Å². The van der Waals surface area contributed by atoms with Crippen LogP contribution in [0.4, 0.5) is 0 Å². The number of hydrogen-bond acceptors (Lipinski definition) is 0. The zero-order chi connectivity index (χ0) is 6.85. The first kappa shape index (κ1) is 7.97. The highest BCUT2D eigenvalue weighted by Gasteiger charge is 2.28. The van der Waals surface area contributed by atoms with Crippen LogP contribution in [0.3, 0.4) is 0 Å². The summed E-state index contributed by atoms with van der Waals surface area (Å²) in [6.45, 7) is 0. The molecule has 1 rings (SSSR count). The molecule has 0 heterocycles. The van der Waals surface area contributed by atoms with Crippen LogP contribution in [0.25, 0.3) is 0 Å². The molecule has 0 amide bonds. The van der Waals surface area contributed by atoms with Crippen molar-refractivity contribution in [3.63, 3.8) is 0 Å². The molecule has 0 aromatic heterocycles. The van der Waals surface area contributed by atoms with Gasteiger partial charge >= 0.3 is 0 Å². The quantitative estimate of drug-likeness (QED) is 0.512. The molecule has 1 saturated carbocycles. The highest BCUT2D eigenvalue weighted by atomic mass is 35.5. The van der Waals surface area contributed by atoms with Crippen LogP contribution in [0.1, 0.15) is 19.3 Å². The molecule has 1 unspecified atom stereocenters. The summed E-state index contributed by atoms with van der Waals surface area (Å²) in [5.41, 5.74) is 0. The van der Waals surface area contributed by atoms with Gasteiger partial charge < -0.3 is 0 Å². The Kier molecular flexibility index (Phi) is 2.94. The number of halogens is 3. The predicted molar refractivity (Wildman–Crippen MR) is 42.8 cm³/mol. The van der Waals surface area contributed by atoms with Crippen molar-refractivity contribution < 1.29 is 0 Å². The Labute approximate surface area is 70.5 Å². The van der Waals surface area contributed by atoms with Crippen molar-refractivity contribution in [3.8, 4) is 0 Å². The normalized spacial score (nSPS) is 45.0. The van der Waals surface area contributed by atoms with Gasteiger partial charge in [-0.25, -0.2) is 0 Å². The summed E-state index contributed by atoms with van der Waals surface area (Å²) in [5, 5.41) is 0.146. The maximum atomic E-state index is 5.85. The molecule has 9 heavy (non-hydrogen) atoms. The molecule has 0 nitrogen and oxygen atoms in total. The molecule has 1 aliphatic carbocycles. The van der Waals surface area contributed by atoms with E-state index in [-0.39, 0.29) is 16.1 Å². The van der Waals surface area contributed by atoms with Crippen LogP contribution >= 0.6 is 34.8 Å². The summed E-state index contributed by atoms with van der Waals surface area (Å²) < 4.78 is 0. The van der Waals surface area contributed by atoms with Crippen molar-refractivity contribution in [3.05, 3.63) is 0 Å². The van der Waals surface area contributed by atoms with Crippen LogP contribution in [-0.2, 0) is 0 Å².